The summed E-state index contributed by atoms with van der Waals surface area (Å²) in [5.41, 5.74) is 0.952. The Morgan fingerprint density at radius 1 is 1.17 bits per heavy atom. The first-order valence-corrected chi connectivity index (χ1v) is 6.52. The molecule has 96 valence electrons. The summed E-state index contributed by atoms with van der Waals surface area (Å²) in [5.74, 6) is 1.42. The Kier molecular flexibility index (Phi) is 5.17. The lowest BCUT2D eigenvalue weighted by Gasteiger charge is -2.08. The number of rotatable bonds is 7. The van der Waals surface area contributed by atoms with Crippen molar-refractivity contribution in [3.8, 4) is 0 Å². The summed E-state index contributed by atoms with van der Waals surface area (Å²) in [6.07, 6.45) is 2.50. The number of hydrogen-bond acceptors (Lipinski definition) is 4. The van der Waals surface area contributed by atoms with Crippen LogP contribution in [0.5, 0.6) is 0 Å². The van der Waals surface area contributed by atoms with Gasteiger partial charge in [-0.25, -0.2) is 9.97 Å². The molecule has 18 heavy (non-hydrogen) atoms. The number of nitrogens with zero attached hydrogens (tertiary/aromatic N) is 2. The van der Waals surface area contributed by atoms with Crippen LogP contribution >= 0.6 is 11.6 Å². The third kappa shape index (κ3) is 3.55. The number of fused-ring (bicyclic) bond motifs is 1. The molecule has 2 rings (SSSR count). The number of hydrogen-bond donors (Lipinski definition) is 1. The molecule has 0 saturated carbocycles. The van der Waals surface area contributed by atoms with Crippen LogP contribution in [0.3, 0.4) is 0 Å². The Balaban J connectivity index is 1.88. The molecule has 0 aliphatic heterocycles. The quantitative estimate of drug-likeness (QED) is 0.618. The highest BCUT2D eigenvalue weighted by molar-refractivity contribution is 6.17. The number of aromatic nitrogens is 2. The molecule has 0 atom stereocenters. The zero-order valence-corrected chi connectivity index (χ0v) is 10.9. The molecule has 2 aromatic rings. The van der Waals surface area contributed by atoms with Gasteiger partial charge in [0, 0.05) is 24.4 Å². The van der Waals surface area contributed by atoms with E-state index in [2.05, 4.69) is 15.3 Å². The van der Waals surface area contributed by atoms with Gasteiger partial charge >= 0.3 is 0 Å². The van der Waals surface area contributed by atoms with Crippen molar-refractivity contribution in [2.45, 2.75) is 6.42 Å². The van der Waals surface area contributed by atoms with Gasteiger partial charge in [-0.05, 0) is 18.6 Å². The molecular formula is C13H16ClN3O. The topological polar surface area (TPSA) is 47.0 Å². The molecule has 0 unspecified atom stereocenters. The number of para-hydroxylation sites is 1. The SMILES string of the molecule is ClCCOCCCNc1ncnc2ccccc12. The highest BCUT2D eigenvalue weighted by Crippen LogP contribution is 2.17. The first-order chi connectivity index (χ1) is 8.92. The predicted molar refractivity (Wildman–Crippen MR) is 74.2 cm³/mol. The van der Waals surface area contributed by atoms with Crippen LogP contribution in [-0.4, -0.2) is 35.6 Å². The number of nitrogens with one attached hydrogen (secondary N) is 1. The van der Waals surface area contributed by atoms with Gasteiger partial charge in [0.15, 0.2) is 0 Å². The van der Waals surface area contributed by atoms with Gasteiger partial charge in [-0.2, -0.15) is 0 Å². The summed E-state index contributed by atoms with van der Waals surface area (Å²) >= 11 is 5.52. The second-order valence-corrected chi connectivity index (χ2v) is 4.20. The molecule has 1 aromatic heterocycles. The molecule has 0 amide bonds. The van der Waals surface area contributed by atoms with Crippen molar-refractivity contribution in [2.75, 3.05) is 31.0 Å². The Morgan fingerprint density at radius 3 is 2.94 bits per heavy atom. The van der Waals surface area contributed by atoms with E-state index in [0.717, 1.165) is 29.7 Å². The lowest BCUT2D eigenvalue weighted by molar-refractivity contribution is 0.149. The van der Waals surface area contributed by atoms with Gasteiger partial charge in [-0.1, -0.05) is 12.1 Å². The summed E-state index contributed by atoms with van der Waals surface area (Å²) < 4.78 is 5.30. The second kappa shape index (κ2) is 7.13. The first-order valence-electron chi connectivity index (χ1n) is 5.99. The summed E-state index contributed by atoms with van der Waals surface area (Å²) in [7, 11) is 0. The molecule has 0 saturated heterocycles. The van der Waals surface area contributed by atoms with E-state index in [-0.39, 0.29) is 0 Å². The van der Waals surface area contributed by atoms with Gasteiger partial charge < -0.3 is 10.1 Å². The predicted octanol–water partition coefficient (Wildman–Crippen LogP) is 2.69. The van der Waals surface area contributed by atoms with Gasteiger partial charge in [-0.3, -0.25) is 0 Å². The number of ether oxygens (including phenoxy) is 1. The zero-order chi connectivity index (χ0) is 12.6. The molecule has 1 aromatic carbocycles. The average Bonchev–Trinajstić information content (AvgIpc) is 2.43. The highest BCUT2D eigenvalue weighted by atomic mass is 35.5. The monoisotopic (exact) mass is 265 g/mol. The Bertz CT molecular complexity index is 487. The summed E-state index contributed by atoms with van der Waals surface area (Å²) in [4.78, 5) is 8.48. The maximum Gasteiger partial charge on any atom is 0.137 e. The van der Waals surface area contributed by atoms with E-state index in [0.29, 0.717) is 19.1 Å². The van der Waals surface area contributed by atoms with Crippen molar-refractivity contribution in [3.05, 3.63) is 30.6 Å². The maximum atomic E-state index is 5.52. The molecule has 0 spiro atoms. The smallest absolute Gasteiger partial charge is 0.137 e. The van der Waals surface area contributed by atoms with Crippen molar-refractivity contribution < 1.29 is 4.74 Å². The van der Waals surface area contributed by atoms with Crippen molar-refractivity contribution in [1.82, 2.24) is 9.97 Å². The normalized spacial score (nSPS) is 10.7. The molecule has 0 radical (unpaired) electrons. The van der Waals surface area contributed by atoms with Crippen molar-refractivity contribution >= 4 is 28.3 Å². The minimum Gasteiger partial charge on any atom is -0.380 e. The van der Waals surface area contributed by atoms with Crippen LogP contribution in [0.1, 0.15) is 6.42 Å². The highest BCUT2D eigenvalue weighted by Gasteiger charge is 2.01. The van der Waals surface area contributed by atoms with E-state index >= 15 is 0 Å². The van der Waals surface area contributed by atoms with Gasteiger partial charge in [0.25, 0.3) is 0 Å². The van der Waals surface area contributed by atoms with Gasteiger partial charge in [0.1, 0.15) is 12.1 Å². The Morgan fingerprint density at radius 2 is 2.06 bits per heavy atom. The second-order valence-electron chi connectivity index (χ2n) is 3.82. The molecule has 0 aliphatic carbocycles. The molecule has 5 heteroatoms. The van der Waals surface area contributed by atoms with E-state index < -0.39 is 0 Å². The molecule has 4 nitrogen and oxygen atoms in total. The van der Waals surface area contributed by atoms with Gasteiger partial charge in [-0.15, -0.1) is 11.6 Å². The van der Waals surface area contributed by atoms with E-state index in [1.165, 1.54) is 0 Å². The van der Waals surface area contributed by atoms with E-state index in [1.54, 1.807) is 6.33 Å². The van der Waals surface area contributed by atoms with Crippen LogP contribution in [0, 0.1) is 0 Å². The summed E-state index contributed by atoms with van der Waals surface area (Å²) in [6.45, 7) is 2.14. The number of halogens is 1. The van der Waals surface area contributed by atoms with Crippen molar-refractivity contribution in [1.29, 1.82) is 0 Å². The molecule has 0 aliphatic rings. The van der Waals surface area contributed by atoms with Crippen LogP contribution < -0.4 is 5.32 Å². The first kappa shape index (κ1) is 13.1. The van der Waals surface area contributed by atoms with Crippen LogP contribution in [0.4, 0.5) is 5.82 Å². The molecule has 1 N–H and O–H groups in total. The lowest BCUT2D eigenvalue weighted by atomic mass is 10.2. The number of benzene rings is 1. The fourth-order valence-electron chi connectivity index (χ4n) is 1.68. The minimum atomic E-state index is 0.546. The van der Waals surface area contributed by atoms with E-state index in [4.69, 9.17) is 16.3 Å². The fraction of sp³-hybridized carbons (Fsp3) is 0.385. The fourth-order valence-corrected chi connectivity index (χ4v) is 1.79. The molecule has 1 heterocycles. The number of anilines is 1. The lowest BCUT2D eigenvalue weighted by Crippen LogP contribution is -2.08. The van der Waals surface area contributed by atoms with Crippen LogP contribution in [-0.2, 0) is 4.74 Å². The zero-order valence-electron chi connectivity index (χ0n) is 10.1. The maximum absolute atomic E-state index is 5.52. The van der Waals surface area contributed by atoms with Crippen molar-refractivity contribution in [2.24, 2.45) is 0 Å². The standard InChI is InChI=1S/C13H16ClN3O/c14-6-9-18-8-3-7-15-13-11-4-1-2-5-12(11)16-10-17-13/h1-2,4-5,10H,3,6-9H2,(H,15,16,17). The molecule has 0 fully saturated rings. The summed E-state index contributed by atoms with van der Waals surface area (Å²) in [5, 5.41) is 4.34. The Labute approximate surface area is 111 Å². The van der Waals surface area contributed by atoms with E-state index in [9.17, 15) is 0 Å². The largest absolute Gasteiger partial charge is 0.380 e. The van der Waals surface area contributed by atoms with Gasteiger partial charge in [0.2, 0.25) is 0 Å². The Hall–Kier alpha value is -1.39. The minimum absolute atomic E-state index is 0.546. The van der Waals surface area contributed by atoms with Crippen LogP contribution in [0.2, 0.25) is 0 Å². The van der Waals surface area contributed by atoms with Crippen LogP contribution in [0.25, 0.3) is 10.9 Å². The third-order valence-corrected chi connectivity index (χ3v) is 2.68. The average molecular weight is 266 g/mol. The van der Waals surface area contributed by atoms with Crippen LogP contribution in [0.15, 0.2) is 30.6 Å². The van der Waals surface area contributed by atoms with Gasteiger partial charge in [0.05, 0.1) is 12.1 Å². The summed E-state index contributed by atoms with van der Waals surface area (Å²) in [6, 6.07) is 7.95. The third-order valence-electron chi connectivity index (χ3n) is 2.52. The van der Waals surface area contributed by atoms with E-state index in [1.807, 2.05) is 24.3 Å². The van der Waals surface area contributed by atoms with Crippen molar-refractivity contribution in [3.63, 3.8) is 0 Å². The molecular weight excluding hydrogens is 250 g/mol. The molecule has 0 bridgehead atoms. The number of alkyl halides is 1.